The summed E-state index contributed by atoms with van der Waals surface area (Å²) in [6, 6.07) is 6.33. The van der Waals surface area contributed by atoms with Gasteiger partial charge in [0.05, 0.1) is 0 Å². The van der Waals surface area contributed by atoms with Crippen LogP contribution in [0.25, 0.3) is 0 Å². The van der Waals surface area contributed by atoms with E-state index in [1.807, 2.05) is 0 Å². The number of likely N-dealkylation sites (tertiary alicyclic amines) is 1. The first-order valence-electron chi connectivity index (χ1n) is 5.26. The summed E-state index contributed by atoms with van der Waals surface area (Å²) in [7, 11) is 0. The molecule has 0 N–H and O–H groups in total. The summed E-state index contributed by atoms with van der Waals surface area (Å²) >= 11 is 3.55. The minimum Gasteiger partial charge on any atom is -0.296 e. The lowest BCUT2D eigenvalue weighted by molar-refractivity contribution is 0.282. The van der Waals surface area contributed by atoms with Crippen molar-refractivity contribution in [1.29, 1.82) is 0 Å². The molecular formula is C12H15BrFN. The van der Waals surface area contributed by atoms with Crippen molar-refractivity contribution in [3.05, 3.63) is 33.8 Å². The molecule has 1 aliphatic heterocycles. The summed E-state index contributed by atoms with van der Waals surface area (Å²) < 4.78 is 14.1. The highest BCUT2D eigenvalue weighted by Crippen LogP contribution is 2.22. The van der Waals surface area contributed by atoms with Crippen molar-refractivity contribution in [3.63, 3.8) is 0 Å². The van der Waals surface area contributed by atoms with Crippen molar-refractivity contribution < 1.29 is 4.39 Å². The minimum absolute atomic E-state index is 0.584. The molecule has 82 valence electrons. The average molecular weight is 272 g/mol. The Balaban J connectivity index is 2.04. The first kappa shape index (κ1) is 11.1. The molecule has 0 saturated carbocycles. The van der Waals surface area contributed by atoms with E-state index in [1.54, 1.807) is 0 Å². The molecule has 0 amide bonds. The van der Waals surface area contributed by atoms with Gasteiger partial charge in [-0.3, -0.25) is 4.90 Å². The normalized spacial score (nSPS) is 22.2. The molecule has 15 heavy (non-hydrogen) atoms. The van der Waals surface area contributed by atoms with E-state index in [-0.39, 0.29) is 0 Å². The van der Waals surface area contributed by atoms with Crippen LogP contribution in [-0.2, 0) is 6.54 Å². The SMILES string of the molecule is Cc1ccc(CN2CC[C@H](F)C2)c(Br)c1. The standard InChI is InChI=1S/C12H15BrFN/c1-9-2-3-10(12(13)6-9)7-15-5-4-11(14)8-15/h2-3,6,11H,4-5,7-8H2,1H3/t11-/m0/s1. The van der Waals surface area contributed by atoms with E-state index in [2.05, 4.69) is 46.0 Å². The Morgan fingerprint density at radius 3 is 2.93 bits per heavy atom. The van der Waals surface area contributed by atoms with Gasteiger partial charge in [0.25, 0.3) is 0 Å². The molecule has 0 radical (unpaired) electrons. The average Bonchev–Trinajstić information content (AvgIpc) is 2.56. The van der Waals surface area contributed by atoms with Crippen LogP contribution in [0.3, 0.4) is 0 Å². The number of hydrogen-bond acceptors (Lipinski definition) is 1. The van der Waals surface area contributed by atoms with Crippen LogP contribution in [0.1, 0.15) is 17.5 Å². The van der Waals surface area contributed by atoms with Crippen LogP contribution in [-0.4, -0.2) is 24.2 Å². The maximum Gasteiger partial charge on any atom is 0.114 e. The highest BCUT2D eigenvalue weighted by molar-refractivity contribution is 9.10. The smallest absolute Gasteiger partial charge is 0.114 e. The van der Waals surface area contributed by atoms with E-state index in [0.717, 1.165) is 17.6 Å². The van der Waals surface area contributed by atoms with E-state index >= 15 is 0 Å². The fourth-order valence-electron chi connectivity index (χ4n) is 1.95. The van der Waals surface area contributed by atoms with Crippen molar-refractivity contribution >= 4 is 15.9 Å². The molecular weight excluding hydrogens is 257 g/mol. The fourth-order valence-corrected chi connectivity index (χ4v) is 2.57. The number of rotatable bonds is 2. The lowest BCUT2D eigenvalue weighted by Crippen LogP contribution is -2.20. The molecule has 0 bridgehead atoms. The van der Waals surface area contributed by atoms with E-state index in [4.69, 9.17) is 0 Å². The quantitative estimate of drug-likeness (QED) is 0.798. The molecule has 1 aromatic rings. The predicted octanol–water partition coefficient (Wildman–Crippen LogP) is 3.30. The molecule has 1 fully saturated rings. The van der Waals surface area contributed by atoms with Crippen LogP contribution in [0.2, 0.25) is 0 Å². The van der Waals surface area contributed by atoms with Gasteiger partial charge in [-0.2, -0.15) is 0 Å². The molecule has 3 heteroatoms. The van der Waals surface area contributed by atoms with Crippen molar-refractivity contribution in [2.24, 2.45) is 0 Å². The van der Waals surface area contributed by atoms with Gasteiger partial charge in [-0.1, -0.05) is 28.1 Å². The fraction of sp³-hybridized carbons (Fsp3) is 0.500. The summed E-state index contributed by atoms with van der Waals surface area (Å²) in [6.45, 7) is 4.38. The zero-order valence-electron chi connectivity index (χ0n) is 8.84. The predicted molar refractivity (Wildman–Crippen MR) is 63.7 cm³/mol. The van der Waals surface area contributed by atoms with E-state index in [9.17, 15) is 4.39 Å². The number of nitrogens with zero attached hydrogens (tertiary/aromatic N) is 1. The van der Waals surface area contributed by atoms with Crippen molar-refractivity contribution in [2.75, 3.05) is 13.1 Å². The highest BCUT2D eigenvalue weighted by Gasteiger charge is 2.21. The van der Waals surface area contributed by atoms with Crippen molar-refractivity contribution in [1.82, 2.24) is 4.90 Å². The molecule has 1 atom stereocenters. The Morgan fingerprint density at radius 1 is 1.53 bits per heavy atom. The lowest BCUT2D eigenvalue weighted by Gasteiger charge is -2.15. The summed E-state index contributed by atoms with van der Waals surface area (Å²) in [5.41, 5.74) is 2.49. The third-order valence-electron chi connectivity index (χ3n) is 2.82. The second kappa shape index (κ2) is 4.62. The lowest BCUT2D eigenvalue weighted by atomic mass is 10.1. The Kier molecular flexibility index (Phi) is 3.42. The van der Waals surface area contributed by atoms with Gasteiger partial charge in [-0.25, -0.2) is 4.39 Å². The largest absolute Gasteiger partial charge is 0.296 e. The van der Waals surface area contributed by atoms with Gasteiger partial charge >= 0.3 is 0 Å². The van der Waals surface area contributed by atoms with Crippen molar-refractivity contribution in [3.8, 4) is 0 Å². The third-order valence-corrected chi connectivity index (χ3v) is 3.56. The minimum atomic E-state index is -0.630. The zero-order chi connectivity index (χ0) is 10.8. The Labute approximate surface area is 98.4 Å². The van der Waals surface area contributed by atoms with Crippen LogP contribution < -0.4 is 0 Å². The van der Waals surface area contributed by atoms with E-state index in [0.29, 0.717) is 13.0 Å². The Hall–Kier alpha value is -0.410. The maximum atomic E-state index is 13.0. The topological polar surface area (TPSA) is 3.24 Å². The highest BCUT2D eigenvalue weighted by atomic mass is 79.9. The molecule has 1 aromatic carbocycles. The Bertz CT molecular complexity index is 353. The number of benzene rings is 1. The molecule has 0 aromatic heterocycles. The van der Waals surface area contributed by atoms with Gasteiger partial charge in [0.1, 0.15) is 6.17 Å². The number of hydrogen-bond donors (Lipinski definition) is 0. The summed E-state index contributed by atoms with van der Waals surface area (Å²) in [6.07, 6.45) is 0.0537. The van der Waals surface area contributed by atoms with Crippen LogP contribution in [0.4, 0.5) is 4.39 Å². The molecule has 1 aliphatic rings. The van der Waals surface area contributed by atoms with Gasteiger partial charge in [-0.15, -0.1) is 0 Å². The first-order valence-corrected chi connectivity index (χ1v) is 6.06. The summed E-state index contributed by atoms with van der Waals surface area (Å²) in [4.78, 5) is 2.17. The third kappa shape index (κ3) is 2.79. The van der Waals surface area contributed by atoms with Gasteiger partial charge in [-0.05, 0) is 30.5 Å². The molecule has 2 rings (SSSR count). The summed E-state index contributed by atoms with van der Waals surface area (Å²) in [5.74, 6) is 0. The van der Waals surface area contributed by atoms with Crippen LogP contribution in [0.5, 0.6) is 0 Å². The van der Waals surface area contributed by atoms with Gasteiger partial charge in [0.2, 0.25) is 0 Å². The Morgan fingerprint density at radius 2 is 2.33 bits per heavy atom. The second-order valence-electron chi connectivity index (χ2n) is 4.22. The number of aryl methyl sites for hydroxylation is 1. The maximum absolute atomic E-state index is 13.0. The first-order chi connectivity index (χ1) is 7.15. The van der Waals surface area contributed by atoms with Gasteiger partial charge < -0.3 is 0 Å². The second-order valence-corrected chi connectivity index (χ2v) is 5.07. The van der Waals surface area contributed by atoms with Crippen molar-refractivity contribution in [2.45, 2.75) is 26.1 Å². The van der Waals surface area contributed by atoms with Crippen LogP contribution >= 0.6 is 15.9 Å². The molecule has 1 nitrogen and oxygen atoms in total. The number of halogens is 2. The number of alkyl halides is 1. The molecule has 1 heterocycles. The van der Waals surface area contributed by atoms with Gasteiger partial charge in [0.15, 0.2) is 0 Å². The van der Waals surface area contributed by atoms with E-state index in [1.165, 1.54) is 11.1 Å². The molecule has 0 unspecified atom stereocenters. The summed E-state index contributed by atoms with van der Waals surface area (Å²) in [5, 5.41) is 0. The van der Waals surface area contributed by atoms with Gasteiger partial charge in [0, 0.05) is 24.1 Å². The molecule has 0 spiro atoms. The molecule has 0 aliphatic carbocycles. The zero-order valence-corrected chi connectivity index (χ0v) is 10.4. The molecule has 1 saturated heterocycles. The van der Waals surface area contributed by atoms with Crippen LogP contribution in [0, 0.1) is 6.92 Å². The van der Waals surface area contributed by atoms with E-state index < -0.39 is 6.17 Å². The monoisotopic (exact) mass is 271 g/mol. The van der Waals surface area contributed by atoms with Crippen LogP contribution in [0.15, 0.2) is 22.7 Å².